The largest absolute Gasteiger partial charge is 0.331 e. The molecule has 1 spiro atoms. The van der Waals surface area contributed by atoms with Crippen molar-refractivity contribution < 1.29 is 14.4 Å². The number of fused-ring (bicyclic) bond motifs is 2. The third kappa shape index (κ3) is 4.89. The molecular weight excluding hydrogens is 463 g/mol. The quantitative estimate of drug-likeness (QED) is 0.314. The average Bonchev–Trinajstić information content (AvgIpc) is 2.86. The van der Waals surface area contributed by atoms with E-state index < -0.39 is 12.8 Å². The second-order valence-electron chi connectivity index (χ2n) is 12.4. The molecule has 4 rings (SSSR count). The summed E-state index contributed by atoms with van der Waals surface area (Å²) in [5.74, 6) is 1.67. The highest BCUT2D eigenvalue weighted by Gasteiger charge is 2.63. The summed E-state index contributed by atoms with van der Waals surface area (Å²) in [6, 6.07) is 20.0. The molecule has 0 aliphatic heterocycles. The summed E-state index contributed by atoms with van der Waals surface area (Å²) in [6.45, 7) is 11.5. The maximum Gasteiger partial charge on any atom is 0.331 e. The maximum atomic E-state index is 12.4. The van der Waals surface area contributed by atoms with Crippen molar-refractivity contribution >= 4 is 7.60 Å². The minimum atomic E-state index is -4.12. The predicted molar refractivity (Wildman–Crippen MR) is 151 cm³/mol. The van der Waals surface area contributed by atoms with E-state index in [0.29, 0.717) is 42.4 Å². The first-order chi connectivity index (χ1) is 17.0. The Morgan fingerprint density at radius 2 is 1.67 bits per heavy atom. The lowest BCUT2D eigenvalue weighted by molar-refractivity contribution is 0.104. The van der Waals surface area contributed by atoms with E-state index >= 15 is 0 Å². The highest BCUT2D eigenvalue weighted by Crippen LogP contribution is 2.71. The molecule has 0 aromatic heterocycles. The summed E-state index contributed by atoms with van der Waals surface area (Å²) < 4.78 is 12.4. The molecule has 0 saturated heterocycles. The molecule has 0 heterocycles. The van der Waals surface area contributed by atoms with Crippen LogP contribution in [0.3, 0.4) is 0 Å². The summed E-state index contributed by atoms with van der Waals surface area (Å²) in [7, 11) is -4.12. The Bertz CT molecular complexity index is 1070. The van der Waals surface area contributed by atoms with Crippen LogP contribution in [-0.2, 0) is 9.98 Å². The third-order valence-electron chi connectivity index (χ3n) is 10.7. The Morgan fingerprint density at radius 3 is 2.25 bits per heavy atom. The standard InChI is InChI=1S/C32H47O3P/c1-6-24(4)30(5,7-2)21-27(25-14-10-9-11-15-25)20-26-18-19-31(29-17-13-12-16-28(26)29)22-32(8-3,23-31)36(33,34)35/h9-17,24,26-27H,6-8,18-23H2,1-5H3,(H2,33,34,35). The molecule has 2 aromatic carbocycles. The van der Waals surface area contributed by atoms with Crippen molar-refractivity contribution in [3.05, 3.63) is 71.3 Å². The zero-order valence-corrected chi connectivity index (χ0v) is 23.9. The molecule has 0 amide bonds. The van der Waals surface area contributed by atoms with Crippen molar-refractivity contribution in [2.24, 2.45) is 11.3 Å². The summed E-state index contributed by atoms with van der Waals surface area (Å²) in [4.78, 5) is 20.3. The Balaban J connectivity index is 1.64. The van der Waals surface area contributed by atoms with E-state index in [2.05, 4.69) is 82.3 Å². The molecule has 0 bridgehead atoms. The van der Waals surface area contributed by atoms with Crippen LogP contribution in [0.1, 0.15) is 121 Å². The molecule has 2 aliphatic rings. The van der Waals surface area contributed by atoms with Crippen molar-refractivity contribution in [3.8, 4) is 0 Å². The molecule has 2 aromatic rings. The number of hydrogen-bond acceptors (Lipinski definition) is 1. The average molecular weight is 511 g/mol. The zero-order valence-electron chi connectivity index (χ0n) is 23.0. The predicted octanol–water partition coefficient (Wildman–Crippen LogP) is 8.95. The van der Waals surface area contributed by atoms with Crippen LogP contribution in [0.4, 0.5) is 0 Å². The van der Waals surface area contributed by atoms with Gasteiger partial charge in [-0.15, -0.1) is 0 Å². The Labute approximate surface area is 219 Å². The zero-order chi connectivity index (χ0) is 26.2. The van der Waals surface area contributed by atoms with E-state index in [4.69, 9.17) is 0 Å². The molecule has 198 valence electrons. The van der Waals surface area contributed by atoms with Crippen LogP contribution in [0.15, 0.2) is 54.6 Å². The second-order valence-corrected chi connectivity index (χ2v) is 14.5. The highest BCUT2D eigenvalue weighted by molar-refractivity contribution is 7.53. The second kappa shape index (κ2) is 10.4. The summed E-state index contributed by atoms with van der Waals surface area (Å²) in [5, 5.41) is -0.835. The van der Waals surface area contributed by atoms with E-state index in [9.17, 15) is 14.4 Å². The van der Waals surface area contributed by atoms with Gasteiger partial charge in [-0.05, 0) is 90.2 Å². The van der Waals surface area contributed by atoms with Crippen LogP contribution in [-0.4, -0.2) is 14.9 Å². The molecular formula is C32H47O3P. The van der Waals surface area contributed by atoms with E-state index in [-0.39, 0.29) is 5.41 Å². The van der Waals surface area contributed by atoms with Crippen molar-refractivity contribution in [1.29, 1.82) is 0 Å². The fourth-order valence-electron chi connectivity index (χ4n) is 7.71. The molecule has 4 atom stereocenters. The molecule has 1 fully saturated rings. The van der Waals surface area contributed by atoms with Gasteiger partial charge in [0.25, 0.3) is 0 Å². The first kappa shape index (κ1) is 27.6. The molecule has 2 aliphatic carbocycles. The van der Waals surface area contributed by atoms with Crippen molar-refractivity contribution in [2.45, 2.75) is 115 Å². The molecule has 0 radical (unpaired) electrons. The van der Waals surface area contributed by atoms with Gasteiger partial charge in [0, 0.05) is 0 Å². The van der Waals surface area contributed by atoms with Crippen LogP contribution in [0.5, 0.6) is 0 Å². The van der Waals surface area contributed by atoms with Gasteiger partial charge in [-0.2, -0.15) is 0 Å². The molecule has 1 saturated carbocycles. The van der Waals surface area contributed by atoms with Gasteiger partial charge in [-0.1, -0.05) is 102 Å². The van der Waals surface area contributed by atoms with Crippen LogP contribution >= 0.6 is 7.60 Å². The Hall–Kier alpha value is -1.41. The lowest BCUT2D eigenvalue weighted by atomic mass is 9.51. The van der Waals surface area contributed by atoms with Gasteiger partial charge in [0.05, 0.1) is 5.16 Å². The lowest BCUT2D eigenvalue weighted by Gasteiger charge is -2.59. The smallest absolute Gasteiger partial charge is 0.324 e. The minimum absolute atomic E-state index is 0.0683. The number of rotatable bonds is 10. The Kier molecular flexibility index (Phi) is 7.97. The summed E-state index contributed by atoms with van der Waals surface area (Å²) in [5.41, 5.74) is 4.49. The fraction of sp³-hybridized carbons (Fsp3) is 0.625. The normalized spacial score (nSPS) is 29.1. The molecule has 36 heavy (non-hydrogen) atoms. The number of benzene rings is 2. The van der Waals surface area contributed by atoms with Crippen LogP contribution in [0, 0.1) is 11.3 Å². The van der Waals surface area contributed by atoms with Gasteiger partial charge in [0.1, 0.15) is 0 Å². The lowest BCUT2D eigenvalue weighted by Crippen LogP contribution is -2.55. The summed E-state index contributed by atoms with van der Waals surface area (Å²) in [6.07, 6.45) is 8.66. The summed E-state index contributed by atoms with van der Waals surface area (Å²) >= 11 is 0. The Morgan fingerprint density at radius 1 is 1.03 bits per heavy atom. The fourth-order valence-corrected chi connectivity index (χ4v) is 9.14. The maximum absolute atomic E-state index is 12.4. The molecule has 4 unspecified atom stereocenters. The van der Waals surface area contributed by atoms with Gasteiger partial charge < -0.3 is 9.79 Å². The molecule has 3 nitrogen and oxygen atoms in total. The molecule has 4 heteroatoms. The molecule has 2 N–H and O–H groups in total. The van der Waals surface area contributed by atoms with Crippen LogP contribution < -0.4 is 0 Å². The van der Waals surface area contributed by atoms with E-state index in [1.54, 1.807) is 0 Å². The van der Waals surface area contributed by atoms with Crippen molar-refractivity contribution in [3.63, 3.8) is 0 Å². The SMILES string of the molecule is CCC(C)C(C)(CC)CC(CC1CCC2(CC(CC)(P(=O)(O)O)C2)c2ccccc21)c1ccccc1. The topological polar surface area (TPSA) is 57.5 Å². The van der Waals surface area contributed by atoms with Gasteiger partial charge in [0.15, 0.2) is 0 Å². The van der Waals surface area contributed by atoms with Gasteiger partial charge >= 0.3 is 7.60 Å². The number of hydrogen-bond donors (Lipinski definition) is 2. The van der Waals surface area contributed by atoms with Gasteiger partial charge in [-0.25, -0.2) is 0 Å². The van der Waals surface area contributed by atoms with Gasteiger partial charge in [-0.3, -0.25) is 4.57 Å². The van der Waals surface area contributed by atoms with Crippen molar-refractivity contribution in [2.75, 3.05) is 0 Å². The van der Waals surface area contributed by atoms with Crippen molar-refractivity contribution in [1.82, 2.24) is 0 Å². The van der Waals surface area contributed by atoms with E-state index in [1.165, 1.54) is 36.0 Å². The van der Waals surface area contributed by atoms with Crippen LogP contribution in [0.25, 0.3) is 0 Å². The highest BCUT2D eigenvalue weighted by atomic mass is 31.2. The van der Waals surface area contributed by atoms with Gasteiger partial charge in [0.2, 0.25) is 0 Å². The third-order valence-corrected chi connectivity index (χ3v) is 12.6. The van der Waals surface area contributed by atoms with E-state index in [1.807, 2.05) is 6.92 Å². The first-order valence-electron chi connectivity index (χ1n) is 14.2. The monoisotopic (exact) mass is 510 g/mol. The minimum Gasteiger partial charge on any atom is -0.324 e. The van der Waals surface area contributed by atoms with Crippen LogP contribution in [0.2, 0.25) is 0 Å². The van der Waals surface area contributed by atoms with E-state index in [0.717, 1.165) is 19.3 Å². The first-order valence-corrected chi connectivity index (χ1v) is 15.8.